The molecule has 110 valence electrons. The number of hydrogen-bond donors (Lipinski definition) is 1. The zero-order chi connectivity index (χ0) is 15.1. The van der Waals surface area contributed by atoms with Crippen molar-refractivity contribution in [2.75, 3.05) is 13.7 Å². The lowest BCUT2D eigenvalue weighted by atomic mass is 10.1. The van der Waals surface area contributed by atoms with Gasteiger partial charge in [-0.3, -0.25) is 14.5 Å². The summed E-state index contributed by atoms with van der Waals surface area (Å²) in [7, 11) is 1.60. The monoisotopic (exact) mass is 279 g/mol. The van der Waals surface area contributed by atoms with Crippen LogP contribution in [0.15, 0.2) is 24.3 Å². The SMILES string of the molecule is COc1ccc(CN(CCC(=O)O)C(C)C(C)=O)cc1. The Balaban J connectivity index is 2.76. The topological polar surface area (TPSA) is 66.8 Å². The Hall–Kier alpha value is -1.88. The first-order valence-corrected chi connectivity index (χ1v) is 6.53. The molecule has 1 unspecified atom stereocenters. The molecule has 0 saturated carbocycles. The predicted octanol–water partition coefficient (Wildman–Crippen LogP) is 1.95. The zero-order valence-corrected chi connectivity index (χ0v) is 12.1. The minimum atomic E-state index is -0.861. The Kier molecular flexibility index (Phi) is 6.18. The van der Waals surface area contributed by atoms with E-state index in [-0.39, 0.29) is 18.2 Å². The molecule has 0 radical (unpaired) electrons. The quantitative estimate of drug-likeness (QED) is 0.788. The standard InChI is InChI=1S/C15H21NO4/c1-11(12(2)17)16(9-8-15(18)19)10-13-4-6-14(20-3)7-5-13/h4-7,11H,8-10H2,1-3H3,(H,18,19). The maximum Gasteiger partial charge on any atom is 0.304 e. The van der Waals surface area contributed by atoms with Crippen LogP contribution in [-0.2, 0) is 16.1 Å². The summed E-state index contributed by atoms with van der Waals surface area (Å²) < 4.78 is 5.09. The van der Waals surface area contributed by atoms with Crippen LogP contribution in [0, 0.1) is 0 Å². The Morgan fingerprint density at radius 3 is 2.35 bits per heavy atom. The average molecular weight is 279 g/mol. The van der Waals surface area contributed by atoms with Gasteiger partial charge in [0.2, 0.25) is 0 Å². The van der Waals surface area contributed by atoms with Crippen LogP contribution in [0.3, 0.4) is 0 Å². The van der Waals surface area contributed by atoms with Crippen molar-refractivity contribution in [3.8, 4) is 5.75 Å². The number of ether oxygens (including phenoxy) is 1. The van der Waals surface area contributed by atoms with Crippen molar-refractivity contribution in [1.82, 2.24) is 4.90 Å². The summed E-state index contributed by atoms with van der Waals surface area (Å²) in [5.41, 5.74) is 1.02. The number of ketones is 1. The van der Waals surface area contributed by atoms with E-state index in [4.69, 9.17) is 9.84 Å². The minimum absolute atomic E-state index is 0.0216. The summed E-state index contributed by atoms with van der Waals surface area (Å²) in [6.45, 7) is 4.21. The molecule has 0 aliphatic heterocycles. The maximum absolute atomic E-state index is 11.5. The highest BCUT2D eigenvalue weighted by molar-refractivity contribution is 5.81. The van der Waals surface area contributed by atoms with E-state index in [1.54, 1.807) is 14.0 Å². The van der Waals surface area contributed by atoms with Gasteiger partial charge in [0.05, 0.1) is 19.6 Å². The molecule has 5 nitrogen and oxygen atoms in total. The van der Waals surface area contributed by atoms with Crippen LogP contribution in [-0.4, -0.2) is 41.5 Å². The number of methoxy groups -OCH3 is 1. The lowest BCUT2D eigenvalue weighted by Gasteiger charge is -2.26. The fourth-order valence-electron chi connectivity index (χ4n) is 1.87. The van der Waals surface area contributed by atoms with Gasteiger partial charge in [-0.15, -0.1) is 0 Å². The van der Waals surface area contributed by atoms with Crippen LogP contribution in [0.25, 0.3) is 0 Å². The largest absolute Gasteiger partial charge is 0.497 e. The number of benzene rings is 1. The van der Waals surface area contributed by atoms with Gasteiger partial charge in [0.15, 0.2) is 0 Å². The van der Waals surface area contributed by atoms with Crippen molar-refractivity contribution in [2.24, 2.45) is 0 Å². The molecule has 5 heteroatoms. The molecule has 0 amide bonds. The van der Waals surface area contributed by atoms with E-state index >= 15 is 0 Å². The molecule has 0 saturated heterocycles. The minimum Gasteiger partial charge on any atom is -0.497 e. The molecule has 1 N–H and O–H groups in total. The molecule has 0 aliphatic rings. The molecular weight excluding hydrogens is 258 g/mol. The van der Waals surface area contributed by atoms with Crippen LogP contribution in [0.1, 0.15) is 25.8 Å². The van der Waals surface area contributed by atoms with Gasteiger partial charge in [-0.1, -0.05) is 12.1 Å². The van der Waals surface area contributed by atoms with Crippen molar-refractivity contribution in [1.29, 1.82) is 0 Å². The Bertz CT molecular complexity index is 455. The maximum atomic E-state index is 11.5. The summed E-state index contributed by atoms with van der Waals surface area (Å²) in [5, 5.41) is 8.79. The molecule has 1 aromatic rings. The van der Waals surface area contributed by atoms with E-state index < -0.39 is 5.97 Å². The fourth-order valence-corrected chi connectivity index (χ4v) is 1.87. The number of Topliss-reactive ketones (excluding diaryl/α,β-unsaturated/α-hetero) is 1. The predicted molar refractivity (Wildman–Crippen MR) is 75.8 cm³/mol. The summed E-state index contributed by atoms with van der Waals surface area (Å²) in [6, 6.07) is 7.24. The van der Waals surface area contributed by atoms with Gasteiger partial charge in [-0.05, 0) is 31.5 Å². The molecule has 0 bridgehead atoms. The van der Waals surface area contributed by atoms with Gasteiger partial charge < -0.3 is 9.84 Å². The van der Waals surface area contributed by atoms with Crippen molar-refractivity contribution in [3.05, 3.63) is 29.8 Å². The average Bonchev–Trinajstić information content (AvgIpc) is 2.43. The van der Waals surface area contributed by atoms with E-state index in [0.717, 1.165) is 11.3 Å². The molecule has 0 aromatic heterocycles. The van der Waals surface area contributed by atoms with Gasteiger partial charge >= 0.3 is 5.97 Å². The van der Waals surface area contributed by atoms with Gasteiger partial charge in [0.25, 0.3) is 0 Å². The van der Waals surface area contributed by atoms with Gasteiger partial charge in [0, 0.05) is 13.1 Å². The second kappa shape index (κ2) is 7.65. The first kappa shape index (κ1) is 16.2. The molecule has 0 heterocycles. The molecule has 0 fully saturated rings. The lowest BCUT2D eigenvalue weighted by molar-refractivity contribution is -0.138. The Morgan fingerprint density at radius 2 is 1.90 bits per heavy atom. The molecular formula is C15H21NO4. The van der Waals surface area contributed by atoms with Gasteiger partial charge in [-0.25, -0.2) is 0 Å². The first-order valence-electron chi connectivity index (χ1n) is 6.53. The van der Waals surface area contributed by atoms with E-state index in [9.17, 15) is 9.59 Å². The lowest BCUT2D eigenvalue weighted by Crippen LogP contribution is -2.38. The molecule has 1 aromatic carbocycles. The number of nitrogens with zero attached hydrogens (tertiary/aromatic N) is 1. The smallest absolute Gasteiger partial charge is 0.304 e. The first-order chi connectivity index (χ1) is 9.43. The highest BCUT2D eigenvalue weighted by atomic mass is 16.5. The Morgan fingerprint density at radius 1 is 1.30 bits per heavy atom. The molecule has 1 rings (SSSR count). The van der Waals surface area contributed by atoms with Crippen molar-refractivity contribution >= 4 is 11.8 Å². The number of carbonyl (C=O) groups is 2. The number of carboxylic acid groups (broad SMARTS) is 1. The second-order valence-electron chi connectivity index (χ2n) is 4.75. The highest BCUT2D eigenvalue weighted by Crippen LogP contribution is 2.15. The van der Waals surface area contributed by atoms with Crippen molar-refractivity contribution in [2.45, 2.75) is 32.9 Å². The van der Waals surface area contributed by atoms with Crippen molar-refractivity contribution in [3.63, 3.8) is 0 Å². The molecule has 0 spiro atoms. The Labute approximate surface area is 119 Å². The number of rotatable bonds is 8. The third-order valence-corrected chi connectivity index (χ3v) is 3.29. The van der Waals surface area contributed by atoms with Crippen LogP contribution < -0.4 is 4.74 Å². The van der Waals surface area contributed by atoms with Crippen LogP contribution in [0.4, 0.5) is 0 Å². The molecule has 20 heavy (non-hydrogen) atoms. The number of aliphatic carboxylic acids is 1. The van der Waals surface area contributed by atoms with E-state index in [1.165, 1.54) is 6.92 Å². The number of hydrogen-bond acceptors (Lipinski definition) is 4. The third kappa shape index (κ3) is 5.01. The normalized spacial score (nSPS) is 12.2. The summed E-state index contributed by atoms with van der Waals surface area (Å²) in [5.74, 6) is -0.0603. The van der Waals surface area contributed by atoms with Crippen LogP contribution in [0.2, 0.25) is 0 Å². The van der Waals surface area contributed by atoms with Gasteiger partial charge in [-0.2, -0.15) is 0 Å². The summed E-state index contributed by atoms with van der Waals surface area (Å²) in [4.78, 5) is 24.1. The molecule has 0 aliphatic carbocycles. The zero-order valence-electron chi connectivity index (χ0n) is 12.1. The van der Waals surface area contributed by atoms with Crippen molar-refractivity contribution < 1.29 is 19.4 Å². The molecule has 1 atom stereocenters. The van der Waals surface area contributed by atoms with E-state index in [0.29, 0.717) is 13.1 Å². The van der Waals surface area contributed by atoms with Gasteiger partial charge in [0.1, 0.15) is 11.5 Å². The fraction of sp³-hybridized carbons (Fsp3) is 0.467. The number of carboxylic acids is 1. The van der Waals surface area contributed by atoms with E-state index in [2.05, 4.69) is 0 Å². The second-order valence-corrected chi connectivity index (χ2v) is 4.75. The van der Waals surface area contributed by atoms with Crippen LogP contribution in [0.5, 0.6) is 5.75 Å². The number of carbonyl (C=O) groups excluding carboxylic acids is 1. The third-order valence-electron chi connectivity index (χ3n) is 3.29. The van der Waals surface area contributed by atoms with Crippen LogP contribution >= 0.6 is 0 Å². The highest BCUT2D eigenvalue weighted by Gasteiger charge is 2.19. The summed E-state index contributed by atoms with van der Waals surface area (Å²) >= 11 is 0. The summed E-state index contributed by atoms with van der Waals surface area (Å²) in [6.07, 6.45) is 0.0216. The van der Waals surface area contributed by atoms with E-state index in [1.807, 2.05) is 29.2 Å².